The fraction of sp³-hybridized carbons (Fsp3) is 0.545. The fourth-order valence-electron chi connectivity index (χ4n) is 1.38. The highest BCUT2D eigenvalue weighted by Crippen LogP contribution is 2.03. The lowest BCUT2D eigenvalue weighted by Crippen LogP contribution is -2.36. The molecule has 0 aromatic carbocycles. The second-order valence-corrected chi connectivity index (χ2v) is 3.64. The highest BCUT2D eigenvalue weighted by molar-refractivity contribution is 5.73. The quantitative estimate of drug-likeness (QED) is 0.733. The third-order valence-electron chi connectivity index (χ3n) is 2.29. The molecular formula is C11H17N3O3. The van der Waals surface area contributed by atoms with Crippen LogP contribution in [0.15, 0.2) is 12.4 Å². The minimum Gasteiger partial charge on any atom is -0.480 e. The van der Waals surface area contributed by atoms with Crippen LogP contribution >= 0.6 is 0 Å². The van der Waals surface area contributed by atoms with E-state index >= 15 is 0 Å². The monoisotopic (exact) mass is 239 g/mol. The molecule has 0 aliphatic rings. The Morgan fingerprint density at radius 1 is 1.53 bits per heavy atom. The van der Waals surface area contributed by atoms with Crippen molar-refractivity contribution in [3.05, 3.63) is 18.0 Å². The summed E-state index contributed by atoms with van der Waals surface area (Å²) in [4.78, 5) is 18.8. The summed E-state index contributed by atoms with van der Waals surface area (Å²) < 4.78 is 4.83. The summed E-state index contributed by atoms with van der Waals surface area (Å²) in [6.07, 6.45) is 4.66. The average Bonchev–Trinajstić information content (AvgIpc) is 2.34. The van der Waals surface area contributed by atoms with Crippen molar-refractivity contribution in [2.24, 2.45) is 0 Å². The van der Waals surface area contributed by atoms with Crippen LogP contribution in [-0.4, -0.2) is 34.2 Å². The standard InChI is InChI=1S/C11H17N3O3/c1-3-4-9(10(15)16)12-5-8-6-13-11(17-2)14-7-8/h6-7,9,12H,3-5H2,1-2H3,(H,15,16)/t9-/m1/s1. The van der Waals surface area contributed by atoms with Crippen molar-refractivity contribution in [3.63, 3.8) is 0 Å². The molecule has 0 fully saturated rings. The van der Waals surface area contributed by atoms with Crippen molar-refractivity contribution in [1.82, 2.24) is 15.3 Å². The Kier molecular flexibility index (Phi) is 5.35. The Hall–Kier alpha value is -1.69. The molecule has 17 heavy (non-hydrogen) atoms. The Labute approximate surface area is 100 Å². The van der Waals surface area contributed by atoms with E-state index in [1.807, 2.05) is 6.92 Å². The van der Waals surface area contributed by atoms with Crippen molar-refractivity contribution in [3.8, 4) is 6.01 Å². The van der Waals surface area contributed by atoms with E-state index in [1.54, 1.807) is 12.4 Å². The second kappa shape index (κ2) is 6.80. The molecule has 0 unspecified atom stereocenters. The van der Waals surface area contributed by atoms with Gasteiger partial charge in [0.2, 0.25) is 0 Å². The van der Waals surface area contributed by atoms with Gasteiger partial charge in [-0.2, -0.15) is 0 Å². The van der Waals surface area contributed by atoms with E-state index in [2.05, 4.69) is 15.3 Å². The van der Waals surface area contributed by atoms with Crippen LogP contribution in [0.3, 0.4) is 0 Å². The minimum atomic E-state index is -0.832. The van der Waals surface area contributed by atoms with Gasteiger partial charge >= 0.3 is 12.0 Å². The summed E-state index contributed by atoms with van der Waals surface area (Å²) >= 11 is 0. The molecule has 6 nitrogen and oxygen atoms in total. The predicted octanol–water partition coefficient (Wildman–Crippen LogP) is 0.828. The van der Waals surface area contributed by atoms with Gasteiger partial charge in [-0.05, 0) is 6.42 Å². The number of nitrogens with one attached hydrogen (secondary N) is 1. The average molecular weight is 239 g/mol. The molecule has 0 amide bonds. The first kappa shape index (κ1) is 13.4. The number of hydrogen-bond acceptors (Lipinski definition) is 5. The first-order chi connectivity index (χ1) is 8.17. The Balaban J connectivity index is 2.50. The fourth-order valence-corrected chi connectivity index (χ4v) is 1.38. The van der Waals surface area contributed by atoms with E-state index < -0.39 is 12.0 Å². The van der Waals surface area contributed by atoms with Crippen molar-refractivity contribution in [2.75, 3.05) is 7.11 Å². The summed E-state index contributed by atoms with van der Waals surface area (Å²) in [7, 11) is 1.50. The highest BCUT2D eigenvalue weighted by Gasteiger charge is 2.15. The van der Waals surface area contributed by atoms with Gasteiger partial charge in [-0.1, -0.05) is 13.3 Å². The number of nitrogens with zero attached hydrogens (tertiary/aromatic N) is 2. The zero-order chi connectivity index (χ0) is 12.7. The molecule has 0 bridgehead atoms. The number of carboxylic acids is 1. The maximum Gasteiger partial charge on any atom is 0.320 e. The molecule has 1 aromatic rings. The second-order valence-electron chi connectivity index (χ2n) is 3.64. The highest BCUT2D eigenvalue weighted by atomic mass is 16.5. The maximum absolute atomic E-state index is 10.9. The Bertz CT molecular complexity index is 353. The molecule has 0 aliphatic carbocycles. The SMILES string of the molecule is CCC[C@@H](NCc1cnc(OC)nc1)C(=O)O. The van der Waals surface area contributed by atoms with E-state index in [-0.39, 0.29) is 0 Å². The number of carbonyl (C=O) groups is 1. The molecule has 2 N–H and O–H groups in total. The summed E-state index contributed by atoms with van der Waals surface area (Å²) in [5.41, 5.74) is 0.827. The number of carboxylic acid groups (broad SMARTS) is 1. The largest absolute Gasteiger partial charge is 0.480 e. The number of aromatic nitrogens is 2. The van der Waals surface area contributed by atoms with E-state index in [1.165, 1.54) is 7.11 Å². The molecule has 1 aromatic heterocycles. The van der Waals surface area contributed by atoms with Crippen LogP contribution in [0.25, 0.3) is 0 Å². The number of methoxy groups -OCH3 is 1. The van der Waals surface area contributed by atoms with Gasteiger partial charge in [0, 0.05) is 24.5 Å². The third kappa shape index (κ3) is 4.36. The molecule has 6 heteroatoms. The lowest BCUT2D eigenvalue weighted by Gasteiger charge is -2.12. The first-order valence-electron chi connectivity index (χ1n) is 5.48. The molecule has 94 valence electrons. The van der Waals surface area contributed by atoms with Crippen molar-refractivity contribution >= 4 is 5.97 Å². The van der Waals surface area contributed by atoms with Gasteiger partial charge in [-0.3, -0.25) is 4.79 Å². The van der Waals surface area contributed by atoms with Crippen LogP contribution in [-0.2, 0) is 11.3 Å². The van der Waals surface area contributed by atoms with Gasteiger partial charge in [-0.15, -0.1) is 0 Å². The van der Waals surface area contributed by atoms with E-state index in [9.17, 15) is 4.79 Å². The van der Waals surface area contributed by atoms with Gasteiger partial charge < -0.3 is 15.2 Å². The number of ether oxygens (including phenoxy) is 1. The minimum absolute atomic E-state index is 0.303. The van der Waals surface area contributed by atoms with Gasteiger partial charge in [0.05, 0.1) is 7.11 Å². The van der Waals surface area contributed by atoms with E-state index in [0.29, 0.717) is 19.0 Å². The van der Waals surface area contributed by atoms with Crippen molar-refractivity contribution in [1.29, 1.82) is 0 Å². The van der Waals surface area contributed by atoms with Crippen molar-refractivity contribution in [2.45, 2.75) is 32.4 Å². The van der Waals surface area contributed by atoms with Crippen LogP contribution in [0.1, 0.15) is 25.3 Å². The van der Waals surface area contributed by atoms with E-state index in [4.69, 9.17) is 9.84 Å². The number of rotatable bonds is 7. The summed E-state index contributed by atoms with van der Waals surface area (Å²) in [6.45, 7) is 2.38. The summed E-state index contributed by atoms with van der Waals surface area (Å²) in [5, 5.41) is 11.9. The molecular weight excluding hydrogens is 222 g/mol. The third-order valence-corrected chi connectivity index (χ3v) is 2.29. The van der Waals surface area contributed by atoms with Gasteiger partial charge in [0.15, 0.2) is 0 Å². The normalized spacial score (nSPS) is 12.1. The Morgan fingerprint density at radius 3 is 2.65 bits per heavy atom. The lowest BCUT2D eigenvalue weighted by atomic mass is 10.1. The number of hydrogen-bond donors (Lipinski definition) is 2. The molecule has 0 aliphatic heterocycles. The van der Waals surface area contributed by atoms with Crippen LogP contribution in [0.5, 0.6) is 6.01 Å². The topological polar surface area (TPSA) is 84.3 Å². The predicted molar refractivity (Wildman–Crippen MR) is 61.8 cm³/mol. The van der Waals surface area contributed by atoms with Crippen LogP contribution in [0.4, 0.5) is 0 Å². The first-order valence-corrected chi connectivity index (χ1v) is 5.48. The van der Waals surface area contributed by atoms with Gasteiger partial charge in [0.1, 0.15) is 6.04 Å². The smallest absolute Gasteiger partial charge is 0.320 e. The van der Waals surface area contributed by atoms with Crippen LogP contribution in [0.2, 0.25) is 0 Å². The maximum atomic E-state index is 10.9. The molecule has 0 saturated heterocycles. The zero-order valence-corrected chi connectivity index (χ0v) is 10.0. The van der Waals surface area contributed by atoms with Crippen molar-refractivity contribution < 1.29 is 14.6 Å². The summed E-state index contributed by atoms with van der Waals surface area (Å²) in [6, 6.07) is -0.223. The molecule has 0 saturated carbocycles. The van der Waals surface area contributed by atoms with Crippen LogP contribution in [0, 0.1) is 0 Å². The lowest BCUT2D eigenvalue weighted by molar-refractivity contribution is -0.139. The zero-order valence-electron chi connectivity index (χ0n) is 10.0. The van der Waals surface area contributed by atoms with Gasteiger partial charge in [-0.25, -0.2) is 9.97 Å². The molecule has 1 rings (SSSR count). The molecule has 1 heterocycles. The molecule has 0 radical (unpaired) electrons. The summed E-state index contributed by atoms with van der Waals surface area (Å²) in [5.74, 6) is -0.832. The van der Waals surface area contributed by atoms with E-state index in [0.717, 1.165) is 12.0 Å². The van der Waals surface area contributed by atoms with Gasteiger partial charge in [0.25, 0.3) is 0 Å². The molecule has 1 atom stereocenters. The molecule has 0 spiro atoms. The Morgan fingerprint density at radius 2 is 2.18 bits per heavy atom. The van der Waals surface area contributed by atoms with Crippen LogP contribution < -0.4 is 10.1 Å². The number of aliphatic carboxylic acids is 1.